The molecule has 0 aromatic heterocycles. The van der Waals surface area contributed by atoms with Crippen LogP contribution >= 0.6 is 0 Å². The quantitative estimate of drug-likeness (QED) is 0.858. The second-order valence-corrected chi connectivity index (χ2v) is 4.27. The third kappa shape index (κ3) is 2.05. The number of benzene rings is 2. The lowest BCUT2D eigenvalue weighted by molar-refractivity contribution is -0.0584. The summed E-state index contributed by atoms with van der Waals surface area (Å²) < 4.78 is 11.3. The van der Waals surface area contributed by atoms with Gasteiger partial charge in [0.15, 0.2) is 6.29 Å². The van der Waals surface area contributed by atoms with Crippen molar-refractivity contribution in [2.75, 3.05) is 13.2 Å². The van der Waals surface area contributed by atoms with Crippen LogP contribution in [-0.2, 0) is 9.47 Å². The van der Waals surface area contributed by atoms with E-state index >= 15 is 0 Å². The van der Waals surface area contributed by atoms with Crippen LogP contribution in [0.3, 0.4) is 0 Å². The monoisotopic (exact) mass is 229 g/mol. The molecule has 2 atom stereocenters. The Labute approximate surface area is 100 Å². The zero-order valence-corrected chi connectivity index (χ0v) is 9.50. The predicted octanol–water partition coefficient (Wildman–Crippen LogP) is 2.21. The van der Waals surface area contributed by atoms with E-state index in [4.69, 9.17) is 15.2 Å². The van der Waals surface area contributed by atoms with Gasteiger partial charge in [0.05, 0.1) is 12.7 Å². The fourth-order valence-electron chi connectivity index (χ4n) is 2.10. The van der Waals surface area contributed by atoms with Crippen molar-refractivity contribution >= 4 is 10.8 Å². The molecule has 3 rings (SSSR count). The standard InChI is InChI=1S/C14H15NO2/c15-8-13-9-16-14(17-13)12-6-5-10-3-1-2-4-11(10)7-12/h1-7,13-14H,8-9,15H2. The van der Waals surface area contributed by atoms with E-state index in [2.05, 4.69) is 24.3 Å². The van der Waals surface area contributed by atoms with Gasteiger partial charge in [-0.15, -0.1) is 0 Å². The summed E-state index contributed by atoms with van der Waals surface area (Å²) in [5.41, 5.74) is 6.61. The normalized spacial score (nSPS) is 24.3. The summed E-state index contributed by atoms with van der Waals surface area (Å²) in [6, 6.07) is 14.5. The van der Waals surface area contributed by atoms with E-state index in [0.717, 1.165) is 5.56 Å². The van der Waals surface area contributed by atoms with E-state index in [1.807, 2.05) is 18.2 Å². The fourth-order valence-corrected chi connectivity index (χ4v) is 2.10. The van der Waals surface area contributed by atoms with Gasteiger partial charge < -0.3 is 15.2 Å². The Morgan fingerprint density at radius 3 is 2.71 bits per heavy atom. The summed E-state index contributed by atoms with van der Waals surface area (Å²) in [6.45, 7) is 1.08. The molecule has 0 saturated carbocycles. The Kier molecular flexibility index (Phi) is 2.81. The third-order valence-electron chi connectivity index (χ3n) is 3.06. The molecule has 3 heteroatoms. The average Bonchev–Trinajstić information content (AvgIpc) is 2.87. The van der Waals surface area contributed by atoms with Crippen molar-refractivity contribution in [3.8, 4) is 0 Å². The highest BCUT2D eigenvalue weighted by Gasteiger charge is 2.26. The number of nitrogens with two attached hydrogens (primary N) is 1. The molecule has 1 saturated heterocycles. The molecule has 1 heterocycles. The molecule has 2 aromatic rings. The summed E-state index contributed by atoms with van der Waals surface area (Å²) in [5, 5.41) is 2.43. The third-order valence-corrected chi connectivity index (χ3v) is 3.06. The molecular formula is C14H15NO2. The van der Waals surface area contributed by atoms with Crippen LogP contribution in [0.25, 0.3) is 10.8 Å². The van der Waals surface area contributed by atoms with Crippen molar-refractivity contribution in [3.63, 3.8) is 0 Å². The van der Waals surface area contributed by atoms with Gasteiger partial charge in [-0.25, -0.2) is 0 Å². The first kappa shape index (κ1) is 10.7. The number of ether oxygens (including phenoxy) is 2. The van der Waals surface area contributed by atoms with Crippen LogP contribution in [0.1, 0.15) is 11.9 Å². The highest BCUT2D eigenvalue weighted by Crippen LogP contribution is 2.28. The van der Waals surface area contributed by atoms with Crippen LogP contribution in [0.2, 0.25) is 0 Å². The molecule has 2 unspecified atom stereocenters. The minimum Gasteiger partial charge on any atom is -0.346 e. The van der Waals surface area contributed by atoms with E-state index in [9.17, 15) is 0 Å². The number of hydrogen-bond donors (Lipinski definition) is 1. The second-order valence-electron chi connectivity index (χ2n) is 4.27. The Hall–Kier alpha value is -1.42. The molecule has 0 radical (unpaired) electrons. The van der Waals surface area contributed by atoms with Crippen molar-refractivity contribution in [2.45, 2.75) is 12.4 Å². The fraction of sp³-hybridized carbons (Fsp3) is 0.286. The van der Waals surface area contributed by atoms with E-state index in [1.54, 1.807) is 0 Å². The Bertz CT molecular complexity index is 526. The van der Waals surface area contributed by atoms with Gasteiger partial charge in [-0.05, 0) is 16.8 Å². The van der Waals surface area contributed by atoms with Crippen LogP contribution < -0.4 is 5.73 Å². The predicted molar refractivity (Wildman–Crippen MR) is 66.6 cm³/mol. The molecule has 1 aliphatic heterocycles. The summed E-state index contributed by atoms with van der Waals surface area (Å²) >= 11 is 0. The number of rotatable bonds is 2. The van der Waals surface area contributed by atoms with Gasteiger partial charge in [-0.3, -0.25) is 0 Å². The van der Waals surface area contributed by atoms with Crippen LogP contribution in [0.15, 0.2) is 42.5 Å². The minimum atomic E-state index is -0.270. The minimum absolute atomic E-state index is 0.0199. The van der Waals surface area contributed by atoms with Gasteiger partial charge in [-0.1, -0.05) is 36.4 Å². The maximum atomic E-state index is 5.70. The maximum Gasteiger partial charge on any atom is 0.184 e. The Balaban J connectivity index is 1.91. The zero-order chi connectivity index (χ0) is 11.7. The largest absolute Gasteiger partial charge is 0.346 e. The maximum absolute atomic E-state index is 5.70. The molecule has 2 N–H and O–H groups in total. The van der Waals surface area contributed by atoms with Crippen LogP contribution in [0.4, 0.5) is 0 Å². The highest BCUT2D eigenvalue weighted by atomic mass is 16.7. The van der Waals surface area contributed by atoms with Crippen molar-refractivity contribution in [3.05, 3.63) is 48.0 Å². The van der Waals surface area contributed by atoms with Gasteiger partial charge in [-0.2, -0.15) is 0 Å². The Morgan fingerprint density at radius 1 is 1.12 bits per heavy atom. The first-order valence-corrected chi connectivity index (χ1v) is 5.82. The molecule has 2 aromatic carbocycles. The molecule has 17 heavy (non-hydrogen) atoms. The smallest absolute Gasteiger partial charge is 0.184 e. The SMILES string of the molecule is NCC1COC(c2ccc3ccccc3c2)O1. The molecule has 0 aliphatic carbocycles. The molecule has 1 aliphatic rings. The second kappa shape index (κ2) is 4.45. The lowest BCUT2D eigenvalue weighted by atomic mass is 10.1. The lowest BCUT2D eigenvalue weighted by Gasteiger charge is -2.11. The van der Waals surface area contributed by atoms with Crippen molar-refractivity contribution in [1.82, 2.24) is 0 Å². The van der Waals surface area contributed by atoms with E-state index < -0.39 is 0 Å². The summed E-state index contributed by atoms with van der Waals surface area (Å²) in [7, 11) is 0. The summed E-state index contributed by atoms with van der Waals surface area (Å²) in [5.74, 6) is 0. The first-order valence-electron chi connectivity index (χ1n) is 5.82. The van der Waals surface area contributed by atoms with Crippen LogP contribution in [-0.4, -0.2) is 19.3 Å². The first-order chi connectivity index (χ1) is 8.36. The number of hydrogen-bond acceptors (Lipinski definition) is 3. The molecule has 1 fully saturated rings. The van der Waals surface area contributed by atoms with Gasteiger partial charge >= 0.3 is 0 Å². The molecule has 0 bridgehead atoms. The van der Waals surface area contributed by atoms with Gasteiger partial charge in [0.25, 0.3) is 0 Å². The Morgan fingerprint density at radius 2 is 1.94 bits per heavy atom. The van der Waals surface area contributed by atoms with E-state index in [-0.39, 0.29) is 12.4 Å². The van der Waals surface area contributed by atoms with Crippen molar-refractivity contribution < 1.29 is 9.47 Å². The average molecular weight is 229 g/mol. The van der Waals surface area contributed by atoms with E-state index in [1.165, 1.54) is 10.8 Å². The topological polar surface area (TPSA) is 44.5 Å². The van der Waals surface area contributed by atoms with Crippen LogP contribution in [0.5, 0.6) is 0 Å². The summed E-state index contributed by atoms with van der Waals surface area (Å²) in [4.78, 5) is 0. The molecule has 0 amide bonds. The molecular weight excluding hydrogens is 214 g/mol. The molecule has 3 nitrogen and oxygen atoms in total. The van der Waals surface area contributed by atoms with Gasteiger partial charge in [0.2, 0.25) is 0 Å². The highest BCUT2D eigenvalue weighted by molar-refractivity contribution is 5.83. The lowest BCUT2D eigenvalue weighted by Crippen LogP contribution is -2.21. The summed E-state index contributed by atoms with van der Waals surface area (Å²) in [6.07, 6.45) is -0.250. The number of fused-ring (bicyclic) bond motifs is 1. The zero-order valence-electron chi connectivity index (χ0n) is 9.50. The van der Waals surface area contributed by atoms with Crippen molar-refractivity contribution in [1.29, 1.82) is 0 Å². The van der Waals surface area contributed by atoms with E-state index in [0.29, 0.717) is 13.2 Å². The van der Waals surface area contributed by atoms with Crippen LogP contribution in [0, 0.1) is 0 Å². The van der Waals surface area contributed by atoms with Gasteiger partial charge in [0, 0.05) is 12.1 Å². The molecule has 0 spiro atoms. The molecule has 88 valence electrons. The van der Waals surface area contributed by atoms with Gasteiger partial charge in [0.1, 0.15) is 0 Å². The van der Waals surface area contributed by atoms with Crippen molar-refractivity contribution in [2.24, 2.45) is 5.73 Å².